The van der Waals surface area contributed by atoms with Crippen LogP contribution in [0.4, 0.5) is 0 Å². The molecule has 0 spiro atoms. The summed E-state index contributed by atoms with van der Waals surface area (Å²) in [5.41, 5.74) is 2.38. The Morgan fingerprint density at radius 3 is 1.42 bits per heavy atom. The molecule has 0 saturated heterocycles. The van der Waals surface area contributed by atoms with Crippen LogP contribution in [0.25, 0.3) is 20.4 Å². The normalized spacial score (nSPS) is 26.2. The number of aromatic nitrogens is 2. The van der Waals surface area contributed by atoms with Crippen molar-refractivity contribution in [2.24, 2.45) is 11.8 Å². The molecule has 0 N–H and O–H groups in total. The lowest BCUT2D eigenvalue weighted by molar-refractivity contribution is 0.269. The van der Waals surface area contributed by atoms with E-state index in [2.05, 4.69) is 48.5 Å². The molecule has 2 aliphatic rings. The van der Waals surface area contributed by atoms with Gasteiger partial charge in [-0.2, -0.15) is 0 Å². The zero-order valence-electron chi connectivity index (χ0n) is 19.4. The van der Waals surface area contributed by atoms with Crippen LogP contribution >= 0.6 is 22.7 Å². The second-order valence-electron chi connectivity index (χ2n) is 10.4. The Bertz CT molecular complexity index is 1030. The van der Waals surface area contributed by atoms with Crippen molar-refractivity contribution in [2.45, 2.75) is 82.5 Å². The minimum atomic E-state index is 0.705. The van der Waals surface area contributed by atoms with E-state index in [9.17, 15) is 0 Å². The Kier molecular flexibility index (Phi) is 6.48. The second kappa shape index (κ2) is 9.84. The number of hydrogen-bond acceptors (Lipinski definition) is 4. The van der Waals surface area contributed by atoms with E-state index in [1.165, 1.54) is 101 Å². The Hall–Kier alpha value is -1.78. The van der Waals surface area contributed by atoms with Crippen molar-refractivity contribution in [1.29, 1.82) is 0 Å². The summed E-state index contributed by atoms with van der Waals surface area (Å²) in [7, 11) is 0. The fourth-order valence-electron chi connectivity index (χ4n) is 6.22. The topological polar surface area (TPSA) is 25.8 Å². The van der Waals surface area contributed by atoms with Crippen molar-refractivity contribution in [3.63, 3.8) is 0 Å². The van der Waals surface area contributed by atoms with Crippen LogP contribution < -0.4 is 0 Å². The highest BCUT2D eigenvalue weighted by molar-refractivity contribution is 7.19. The Balaban J connectivity index is 0.926. The summed E-state index contributed by atoms with van der Waals surface area (Å²) in [6, 6.07) is 17.2. The number of nitrogens with zero attached hydrogens (tertiary/aromatic N) is 2. The van der Waals surface area contributed by atoms with E-state index in [0.717, 1.165) is 11.8 Å². The zero-order chi connectivity index (χ0) is 22.0. The first-order chi connectivity index (χ1) is 16.3. The van der Waals surface area contributed by atoms with Gasteiger partial charge in [-0.3, -0.25) is 0 Å². The zero-order valence-corrected chi connectivity index (χ0v) is 21.1. The van der Waals surface area contributed by atoms with E-state index in [1.807, 2.05) is 22.7 Å². The summed E-state index contributed by atoms with van der Waals surface area (Å²) >= 11 is 3.85. The summed E-state index contributed by atoms with van der Waals surface area (Å²) < 4.78 is 2.71. The maximum Gasteiger partial charge on any atom is 0.0969 e. The highest BCUT2D eigenvalue weighted by Crippen LogP contribution is 2.42. The number of para-hydroxylation sites is 2. The van der Waals surface area contributed by atoms with Gasteiger partial charge in [-0.15, -0.1) is 22.7 Å². The van der Waals surface area contributed by atoms with Gasteiger partial charge in [-0.25, -0.2) is 9.97 Å². The maximum absolute atomic E-state index is 4.94. The third-order valence-corrected chi connectivity index (χ3v) is 10.6. The van der Waals surface area contributed by atoms with E-state index in [0.29, 0.717) is 11.8 Å². The van der Waals surface area contributed by atoms with Gasteiger partial charge >= 0.3 is 0 Å². The molecular weight excluding hydrogens is 440 g/mol. The molecule has 2 aromatic carbocycles. The minimum Gasteiger partial charge on any atom is -0.241 e. The Morgan fingerprint density at radius 2 is 1.00 bits per heavy atom. The number of hydrogen-bond donors (Lipinski definition) is 0. The van der Waals surface area contributed by atoms with Gasteiger partial charge < -0.3 is 0 Å². The summed E-state index contributed by atoms with van der Waals surface area (Å²) in [5.74, 6) is 3.32. The molecule has 0 atom stereocenters. The molecule has 2 aromatic heterocycles. The molecule has 0 amide bonds. The summed E-state index contributed by atoms with van der Waals surface area (Å²) in [6.07, 6.45) is 15.3. The molecule has 6 rings (SSSR count). The van der Waals surface area contributed by atoms with Crippen molar-refractivity contribution in [2.75, 3.05) is 0 Å². The first-order valence-electron chi connectivity index (χ1n) is 13.0. The largest absolute Gasteiger partial charge is 0.241 e. The molecule has 0 unspecified atom stereocenters. The van der Waals surface area contributed by atoms with Gasteiger partial charge in [0, 0.05) is 11.8 Å². The highest BCUT2D eigenvalue weighted by atomic mass is 32.1. The number of benzene rings is 2. The van der Waals surface area contributed by atoms with Crippen molar-refractivity contribution in [1.82, 2.24) is 9.97 Å². The van der Waals surface area contributed by atoms with Gasteiger partial charge in [0.1, 0.15) is 0 Å². The maximum atomic E-state index is 4.94. The van der Waals surface area contributed by atoms with Gasteiger partial charge in [0.15, 0.2) is 0 Å². The van der Waals surface area contributed by atoms with Gasteiger partial charge in [0.2, 0.25) is 0 Å². The second-order valence-corrected chi connectivity index (χ2v) is 12.5. The molecule has 2 nitrogen and oxygen atoms in total. The van der Waals surface area contributed by atoms with Gasteiger partial charge in [0.05, 0.1) is 30.4 Å². The van der Waals surface area contributed by atoms with Crippen LogP contribution in [0.2, 0.25) is 0 Å². The summed E-state index contributed by atoms with van der Waals surface area (Å²) in [4.78, 5) is 9.88. The Morgan fingerprint density at radius 1 is 0.576 bits per heavy atom. The van der Waals surface area contributed by atoms with Crippen LogP contribution in [0.15, 0.2) is 48.5 Å². The number of fused-ring (bicyclic) bond motifs is 2. The molecule has 4 heteroatoms. The van der Waals surface area contributed by atoms with Crippen molar-refractivity contribution < 1.29 is 0 Å². The quantitative estimate of drug-likeness (QED) is 0.278. The van der Waals surface area contributed by atoms with Gasteiger partial charge in [-0.1, -0.05) is 43.5 Å². The van der Waals surface area contributed by atoms with E-state index in [1.54, 1.807) is 0 Å². The Labute approximate surface area is 205 Å². The van der Waals surface area contributed by atoms with Gasteiger partial charge in [0.25, 0.3) is 0 Å². The molecule has 4 aromatic rings. The fraction of sp³-hybridized carbons (Fsp3) is 0.517. The standard InChI is InChI=1S/C29H34N2S2/c1-3-10-26-24(8-1)30-28(32-26)22-16-12-20(13-17-22)6-5-7-21-14-18-23(19-15-21)29-31-25-9-2-4-11-27(25)33-29/h1-4,8-11,20-23H,5-7,12-19H2. The SMILES string of the molecule is c1ccc2sc(C3CCC(CCCC4CCC(c5nc6ccccc6s5)CC4)CC3)nc2c1. The summed E-state index contributed by atoms with van der Waals surface area (Å²) in [5, 5.41) is 2.78. The molecule has 0 aliphatic heterocycles. The van der Waals surface area contributed by atoms with E-state index in [4.69, 9.17) is 9.97 Å². The van der Waals surface area contributed by atoms with E-state index < -0.39 is 0 Å². The number of thiazole rings is 2. The molecule has 33 heavy (non-hydrogen) atoms. The molecule has 172 valence electrons. The third-order valence-electron chi connectivity index (χ3n) is 8.24. The number of rotatable bonds is 6. The molecule has 2 saturated carbocycles. The fourth-order valence-corrected chi connectivity index (χ4v) is 8.49. The minimum absolute atomic E-state index is 0.705. The van der Waals surface area contributed by atoms with Crippen LogP contribution in [0.5, 0.6) is 0 Å². The molecule has 2 aliphatic carbocycles. The third kappa shape index (κ3) is 4.88. The molecular formula is C29H34N2S2. The van der Waals surface area contributed by atoms with Gasteiger partial charge in [-0.05, 0) is 87.5 Å². The molecule has 2 heterocycles. The van der Waals surface area contributed by atoms with Crippen LogP contribution in [-0.4, -0.2) is 9.97 Å². The monoisotopic (exact) mass is 474 g/mol. The first kappa shape index (κ1) is 21.7. The smallest absolute Gasteiger partial charge is 0.0969 e. The first-order valence-corrected chi connectivity index (χ1v) is 14.7. The lowest BCUT2D eigenvalue weighted by Gasteiger charge is -2.29. The van der Waals surface area contributed by atoms with Crippen LogP contribution in [0.1, 0.15) is 92.5 Å². The predicted octanol–water partition coefficient (Wildman–Crippen LogP) is 9.32. The highest BCUT2D eigenvalue weighted by Gasteiger charge is 2.27. The molecule has 0 radical (unpaired) electrons. The molecule has 2 fully saturated rings. The van der Waals surface area contributed by atoms with Crippen molar-refractivity contribution in [3.8, 4) is 0 Å². The lowest BCUT2D eigenvalue weighted by atomic mass is 9.77. The van der Waals surface area contributed by atoms with E-state index in [-0.39, 0.29) is 0 Å². The van der Waals surface area contributed by atoms with Crippen LogP contribution in [-0.2, 0) is 0 Å². The predicted molar refractivity (Wildman–Crippen MR) is 142 cm³/mol. The van der Waals surface area contributed by atoms with Crippen molar-refractivity contribution in [3.05, 3.63) is 58.5 Å². The average Bonchev–Trinajstić information content (AvgIpc) is 3.49. The summed E-state index contributed by atoms with van der Waals surface area (Å²) in [6.45, 7) is 0. The van der Waals surface area contributed by atoms with E-state index >= 15 is 0 Å². The lowest BCUT2D eigenvalue weighted by Crippen LogP contribution is -2.15. The molecule has 0 bridgehead atoms. The van der Waals surface area contributed by atoms with Crippen molar-refractivity contribution >= 4 is 43.1 Å². The van der Waals surface area contributed by atoms with Crippen LogP contribution in [0.3, 0.4) is 0 Å². The average molecular weight is 475 g/mol. The van der Waals surface area contributed by atoms with Crippen LogP contribution in [0, 0.1) is 11.8 Å².